The molecule has 1 aromatic rings. The minimum atomic E-state index is -3.20. The molecule has 1 atom stereocenters. The zero-order valence-corrected chi connectivity index (χ0v) is 12.1. The number of hydrogen-bond donors (Lipinski definition) is 0. The summed E-state index contributed by atoms with van der Waals surface area (Å²) in [5.41, 5.74) is 0.557. The molecule has 0 aliphatic carbocycles. The summed E-state index contributed by atoms with van der Waals surface area (Å²) in [6, 6.07) is 6.18. The number of carbonyl (C=O) groups excluding carboxylic acids is 1. The highest BCUT2D eigenvalue weighted by Crippen LogP contribution is 2.18. The Hall–Kier alpha value is -1.36. The van der Waals surface area contributed by atoms with Crippen LogP contribution < -0.4 is 0 Å². The number of hydrogen-bond acceptors (Lipinski definition) is 3. The molecule has 1 aliphatic rings. The Morgan fingerprint density at radius 1 is 1.26 bits per heavy atom. The van der Waals surface area contributed by atoms with Gasteiger partial charge in [0.25, 0.3) is 5.91 Å². The lowest BCUT2D eigenvalue weighted by molar-refractivity contribution is 0.0683. The second-order valence-corrected chi connectivity index (χ2v) is 7.31. The second kappa shape index (κ2) is 5.33. The Morgan fingerprint density at radius 2 is 1.89 bits per heavy atom. The summed E-state index contributed by atoms with van der Waals surface area (Å²) in [6.45, 7) is 3.72. The molecule has 1 aromatic carbocycles. The fraction of sp³-hybridized carbons (Fsp3) is 0.500. The summed E-state index contributed by atoms with van der Waals surface area (Å²) < 4.78 is 22.7. The lowest BCUT2D eigenvalue weighted by Crippen LogP contribution is -2.39. The zero-order chi connectivity index (χ0) is 14.0. The van der Waals surface area contributed by atoms with Gasteiger partial charge in [-0.2, -0.15) is 0 Å². The summed E-state index contributed by atoms with van der Waals surface area (Å²) >= 11 is 0. The van der Waals surface area contributed by atoms with Gasteiger partial charge < -0.3 is 4.90 Å². The van der Waals surface area contributed by atoms with Crippen molar-refractivity contribution >= 4 is 15.7 Å². The van der Waals surface area contributed by atoms with Crippen LogP contribution in [0.2, 0.25) is 0 Å². The lowest BCUT2D eigenvalue weighted by Gasteiger charge is -2.31. The van der Waals surface area contributed by atoms with Crippen molar-refractivity contribution in [2.45, 2.75) is 24.7 Å². The molecule has 0 bridgehead atoms. The van der Waals surface area contributed by atoms with Gasteiger partial charge in [0.15, 0.2) is 9.84 Å². The second-order valence-electron chi connectivity index (χ2n) is 5.30. The Balaban J connectivity index is 2.16. The van der Waals surface area contributed by atoms with Crippen molar-refractivity contribution in [1.29, 1.82) is 0 Å². The van der Waals surface area contributed by atoms with E-state index in [4.69, 9.17) is 0 Å². The van der Waals surface area contributed by atoms with Crippen LogP contribution in [0.15, 0.2) is 29.2 Å². The number of sulfone groups is 1. The van der Waals surface area contributed by atoms with Crippen molar-refractivity contribution in [2.75, 3.05) is 19.3 Å². The smallest absolute Gasteiger partial charge is 0.253 e. The molecule has 1 fully saturated rings. The van der Waals surface area contributed by atoms with Gasteiger partial charge >= 0.3 is 0 Å². The zero-order valence-electron chi connectivity index (χ0n) is 11.3. The molecular weight excluding hydrogens is 262 g/mol. The molecular formula is C14H19NO3S. The maximum atomic E-state index is 12.3. The highest BCUT2D eigenvalue weighted by atomic mass is 32.2. The largest absolute Gasteiger partial charge is 0.338 e. The molecule has 1 aliphatic heterocycles. The van der Waals surface area contributed by atoms with Crippen molar-refractivity contribution in [3.05, 3.63) is 29.8 Å². The summed E-state index contributed by atoms with van der Waals surface area (Å²) in [5.74, 6) is 0.527. The van der Waals surface area contributed by atoms with E-state index in [1.165, 1.54) is 12.1 Å². The molecule has 19 heavy (non-hydrogen) atoms. The van der Waals surface area contributed by atoms with E-state index >= 15 is 0 Å². The quantitative estimate of drug-likeness (QED) is 0.832. The van der Waals surface area contributed by atoms with Crippen molar-refractivity contribution in [3.8, 4) is 0 Å². The van der Waals surface area contributed by atoms with Crippen LogP contribution in [0.4, 0.5) is 0 Å². The SMILES string of the molecule is CC1CCCN(C(=O)c2ccc(S(C)(=O)=O)cc2)C1. The average molecular weight is 281 g/mol. The minimum Gasteiger partial charge on any atom is -0.338 e. The van der Waals surface area contributed by atoms with Gasteiger partial charge in [-0.1, -0.05) is 6.92 Å². The predicted molar refractivity (Wildman–Crippen MR) is 73.9 cm³/mol. The third-order valence-corrected chi connectivity index (χ3v) is 4.60. The van der Waals surface area contributed by atoms with Gasteiger partial charge in [0.1, 0.15) is 0 Å². The maximum Gasteiger partial charge on any atom is 0.253 e. The molecule has 104 valence electrons. The Kier molecular flexibility index (Phi) is 3.94. The van der Waals surface area contributed by atoms with E-state index in [2.05, 4.69) is 6.92 Å². The summed E-state index contributed by atoms with van der Waals surface area (Å²) in [5, 5.41) is 0. The monoisotopic (exact) mass is 281 g/mol. The summed E-state index contributed by atoms with van der Waals surface area (Å²) in [6.07, 6.45) is 3.36. The Bertz CT molecular complexity index is 563. The molecule has 2 rings (SSSR count). The third-order valence-electron chi connectivity index (χ3n) is 3.47. The maximum absolute atomic E-state index is 12.3. The van der Waals surface area contributed by atoms with Crippen molar-refractivity contribution < 1.29 is 13.2 Å². The Labute approximate surface area is 114 Å². The minimum absolute atomic E-state index is 0.00778. The van der Waals surface area contributed by atoms with Crippen LogP contribution in [-0.2, 0) is 9.84 Å². The van der Waals surface area contributed by atoms with Gasteiger partial charge in [0.05, 0.1) is 4.90 Å². The molecule has 0 saturated carbocycles. The van der Waals surface area contributed by atoms with Gasteiger partial charge in [0, 0.05) is 24.9 Å². The van der Waals surface area contributed by atoms with Gasteiger partial charge in [-0.15, -0.1) is 0 Å². The fourth-order valence-electron chi connectivity index (χ4n) is 2.40. The first-order valence-electron chi connectivity index (χ1n) is 6.47. The molecule has 1 heterocycles. The predicted octanol–water partition coefficient (Wildman–Crippen LogP) is 1.96. The average Bonchev–Trinajstić information content (AvgIpc) is 2.37. The van der Waals surface area contributed by atoms with E-state index < -0.39 is 9.84 Å². The van der Waals surface area contributed by atoms with Crippen LogP contribution in [-0.4, -0.2) is 38.6 Å². The van der Waals surface area contributed by atoms with Crippen molar-refractivity contribution in [2.24, 2.45) is 5.92 Å². The molecule has 0 radical (unpaired) electrons. The first kappa shape index (κ1) is 14.1. The van der Waals surface area contributed by atoms with Crippen LogP contribution in [0.5, 0.6) is 0 Å². The molecule has 0 spiro atoms. The highest BCUT2D eigenvalue weighted by Gasteiger charge is 2.22. The topological polar surface area (TPSA) is 54.5 Å². The lowest BCUT2D eigenvalue weighted by atomic mass is 9.99. The number of piperidine rings is 1. The van der Waals surface area contributed by atoms with Crippen LogP contribution in [0, 0.1) is 5.92 Å². The van der Waals surface area contributed by atoms with Gasteiger partial charge in [0.2, 0.25) is 0 Å². The van der Waals surface area contributed by atoms with E-state index in [-0.39, 0.29) is 10.8 Å². The van der Waals surface area contributed by atoms with Crippen LogP contribution in [0.25, 0.3) is 0 Å². The van der Waals surface area contributed by atoms with E-state index in [1.54, 1.807) is 12.1 Å². The van der Waals surface area contributed by atoms with Crippen LogP contribution in [0.3, 0.4) is 0 Å². The third kappa shape index (κ3) is 3.35. The first-order valence-corrected chi connectivity index (χ1v) is 8.36. The van der Waals surface area contributed by atoms with Gasteiger partial charge in [-0.25, -0.2) is 8.42 Å². The van der Waals surface area contributed by atoms with E-state index in [9.17, 15) is 13.2 Å². The highest BCUT2D eigenvalue weighted by molar-refractivity contribution is 7.90. The van der Waals surface area contributed by atoms with Crippen molar-refractivity contribution in [1.82, 2.24) is 4.90 Å². The molecule has 1 unspecified atom stereocenters. The number of benzene rings is 1. The molecule has 0 N–H and O–H groups in total. The van der Waals surface area contributed by atoms with E-state index in [1.807, 2.05) is 4.90 Å². The molecule has 1 saturated heterocycles. The van der Waals surface area contributed by atoms with Crippen LogP contribution >= 0.6 is 0 Å². The number of rotatable bonds is 2. The molecule has 4 nitrogen and oxygen atoms in total. The molecule has 0 aromatic heterocycles. The first-order chi connectivity index (χ1) is 8.88. The number of nitrogens with zero attached hydrogens (tertiary/aromatic N) is 1. The summed E-state index contributed by atoms with van der Waals surface area (Å²) in [7, 11) is -3.20. The Morgan fingerprint density at radius 3 is 2.42 bits per heavy atom. The normalized spacial score (nSPS) is 20.3. The van der Waals surface area contributed by atoms with Gasteiger partial charge in [-0.3, -0.25) is 4.79 Å². The molecule has 5 heteroatoms. The number of carbonyl (C=O) groups is 1. The van der Waals surface area contributed by atoms with Crippen molar-refractivity contribution in [3.63, 3.8) is 0 Å². The molecule has 1 amide bonds. The summed E-state index contributed by atoms with van der Waals surface area (Å²) in [4.78, 5) is 14.4. The van der Waals surface area contributed by atoms with Gasteiger partial charge in [-0.05, 0) is 43.0 Å². The fourth-order valence-corrected chi connectivity index (χ4v) is 3.03. The van der Waals surface area contributed by atoms with E-state index in [0.29, 0.717) is 11.5 Å². The van der Waals surface area contributed by atoms with E-state index in [0.717, 1.165) is 32.2 Å². The number of likely N-dealkylation sites (tertiary alicyclic amines) is 1. The van der Waals surface area contributed by atoms with Crippen LogP contribution in [0.1, 0.15) is 30.1 Å². The standard InChI is InChI=1S/C14H19NO3S/c1-11-4-3-9-15(10-11)14(16)12-5-7-13(8-6-12)19(2,17)18/h5-8,11H,3-4,9-10H2,1-2H3. The number of amides is 1.